The van der Waals surface area contributed by atoms with Gasteiger partial charge in [-0.05, 0) is 13.0 Å². The molecule has 16 heavy (non-hydrogen) atoms. The number of hydrogen-bond donors (Lipinski definition) is 1. The maximum absolute atomic E-state index is 4.89. The zero-order valence-corrected chi connectivity index (χ0v) is 9.64. The van der Waals surface area contributed by atoms with E-state index < -0.39 is 0 Å². The largest absolute Gasteiger partial charge is 0.340 e. The van der Waals surface area contributed by atoms with Gasteiger partial charge in [0.15, 0.2) is 5.82 Å². The molecule has 1 unspecified atom stereocenters. The number of rotatable bonds is 4. The fraction of sp³-hybridized carbons (Fsp3) is 0.500. The van der Waals surface area contributed by atoms with Crippen molar-refractivity contribution in [2.24, 2.45) is 7.05 Å². The Balaban J connectivity index is 1.93. The highest BCUT2D eigenvalue weighted by Crippen LogP contribution is 2.10. The zero-order valence-electron chi connectivity index (χ0n) is 9.64. The van der Waals surface area contributed by atoms with Gasteiger partial charge in [-0.2, -0.15) is 10.1 Å². The molecule has 1 N–H and O–H groups in total. The van der Waals surface area contributed by atoms with Gasteiger partial charge in [0.25, 0.3) is 0 Å². The highest BCUT2D eigenvalue weighted by atomic mass is 16.5. The lowest BCUT2D eigenvalue weighted by Crippen LogP contribution is -2.21. The Morgan fingerprint density at radius 3 is 2.94 bits per heavy atom. The topological polar surface area (TPSA) is 68.8 Å². The van der Waals surface area contributed by atoms with E-state index in [1.165, 1.54) is 0 Å². The molecule has 6 heteroatoms. The van der Waals surface area contributed by atoms with Gasteiger partial charge in [-0.3, -0.25) is 4.68 Å². The number of aryl methyl sites for hydroxylation is 2. The second kappa shape index (κ2) is 4.44. The van der Waals surface area contributed by atoms with Crippen molar-refractivity contribution in [1.82, 2.24) is 25.2 Å². The van der Waals surface area contributed by atoms with Crippen molar-refractivity contribution in [2.45, 2.75) is 26.4 Å². The maximum Gasteiger partial charge on any atom is 0.223 e. The highest BCUT2D eigenvalue weighted by Gasteiger charge is 2.10. The van der Waals surface area contributed by atoms with Gasteiger partial charge in [-0.25, -0.2) is 0 Å². The molecule has 86 valence electrons. The van der Waals surface area contributed by atoms with E-state index in [1.807, 2.05) is 17.8 Å². The molecule has 0 amide bonds. The molecule has 0 radical (unpaired) electrons. The predicted octanol–water partition coefficient (Wildman–Crippen LogP) is 0.962. The molecule has 0 aromatic carbocycles. The smallest absolute Gasteiger partial charge is 0.223 e. The third kappa shape index (κ3) is 2.27. The van der Waals surface area contributed by atoms with Crippen LogP contribution in [0.2, 0.25) is 0 Å². The van der Waals surface area contributed by atoms with E-state index in [-0.39, 0.29) is 6.04 Å². The Morgan fingerprint density at radius 2 is 2.38 bits per heavy atom. The molecule has 1 atom stereocenters. The first-order chi connectivity index (χ1) is 7.66. The Hall–Kier alpha value is -1.69. The molecule has 2 aromatic rings. The molecule has 2 aromatic heterocycles. The van der Waals surface area contributed by atoms with Crippen molar-refractivity contribution in [1.29, 1.82) is 0 Å². The van der Waals surface area contributed by atoms with Crippen LogP contribution in [0.1, 0.15) is 30.4 Å². The summed E-state index contributed by atoms with van der Waals surface area (Å²) in [7, 11) is 1.92. The first-order valence-electron chi connectivity index (χ1n) is 5.17. The van der Waals surface area contributed by atoms with Gasteiger partial charge in [0.1, 0.15) is 0 Å². The zero-order chi connectivity index (χ0) is 11.5. The number of hydrogen-bond acceptors (Lipinski definition) is 5. The Bertz CT molecular complexity index is 461. The number of aromatic nitrogens is 4. The molecule has 0 spiro atoms. The molecule has 2 heterocycles. The molecule has 0 saturated carbocycles. The highest BCUT2D eigenvalue weighted by molar-refractivity contribution is 5.05. The van der Waals surface area contributed by atoms with Gasteiger partial charge in [-0.15, -0.1) is 0 Å². The average Bonchev–Trinajstić information content (AvgIpc) is 2.84. The molecule has 0 aliphatic rings. The average molecular weight is 221 g/mol. The first-order valence-corrected chi connectivity index (χ1v) is 5.17. The summed E-state index contributed by atoms with van der Waals surface area (Å²) in [5, 5.41) is 11.3. The second-order valence-corrected chi connectivity index (χ2v) is 3.71. The number of nitrogens with zero attached hydrogens (tertiary/aromatic N) is 4. The van der Waals surface area contributed by atoms with E-state index in [0.717, 1.165) is 5.69 Å². The predicted molar refractivity (Wildman–Crippen MR) is 57.5 cm³/mol. The quantitative estimate of drug-likeness (QED) is 0.832. The van der Waals surface area contributed by atoms with E-state index in [9.17, 15) is 0 Å². The van der Waals surface area contributed by atoms with Gasteiger partial charge >= 0.3 is 0 Å². The van der Waals surface area contributed by atoms with Crippen LogP contribution >= 0.6 is 0 Å². The lowest BCUT2D eigenvalue weighted by atomic mass is 10.2. The standard InChI is InChI=1S/C10H15N5O/c1-7(9-4-5-12-15(9)3)11-6-10-13-8(2)16-14-10/h4-5,7,11H,6H2,1-3H3. The lowest BCUT2D eigenvalue weighted by molar-refractivity contribution is 0.383. The molecule has 0 fully saturated rings. The Kier molecular flexibility index (Phi) is 3.00. The maximum atomic E-state index is 4.89. The first kappa shape index (κ1) is 10.8. The Morgan fingerprint density at radius 1 is 1.56 bits per heavy atom. The SMILES string of the molecule is Cc1nc(CNC(C)c2ccnn2C)no1. The van der Waals surface area contributed by atoms with Crippen LogP contribution in [-0.2, 0) is 13.6 Å². The van der Waals surface area contributed by atoms with Crippen LogP contribution in [0.4, 0.5) is 0 Å². The molecule has 0 aliphatic carbocycles. The molecule has 2 rings (SSSR count). The van der Waals surface area contributed by atoms with Crippen LogP contribution < -0.4 is 5.32 Å². The van der Waals surface area contributed by atoms with Gasteiger partial charge in [-0.1, -0.05) is 5.16 Å². The summed E-state index contributed by atoms with van der Waals surface area (Å²) in [4.78, 5) is 4.12. The van der Waals surface area contributed by atoms with Crippen LogP contribution in [0.5, 0.6) is 0 Å². The normalized spacial score (nSPS) is 12.9. The van der Waals surface area contributed by atoms with Crippen molar-refractivity contribution < 1.29 is 4.52 Å². The van der Waals surface area contributed by atoms with Crippen molar-refractivity contribution in [2.75, 3.05) is 0 Å². The van der Waals surface area contributed by atoms with Crippen LogP contribution in [-0.4, -0.2) is 19.9 Å². The molecule has 0 bridgehead atoms. The van der Waals surface area contributed by atoms with Crippen molar-refractivity contribution in [3.05, 3.63) is 29.7 Å². The molecule has 6 nitrogen and oxygen atoms in total. The van der Waals surface area contributed by atoms with Crippen LogP contribution in [0.15, 0.2) is 16.8 Å². The summed E-state index contributed by atoms with van der Waals surface area (Å²) < 4.78 is 6.74. The number of nitrogens with one attached hydrogen (secondary N) is 1. The van der Waals surface area contributed by atoms with Gasteiger partial charge in [0.2, 0.25) is 5.89 Å². The van der Waals surface area contributed by atoms with E-state index in [0.29, 0.717) is 18.3 Å². The van der Waals surface area contributed by atoms with E-state index >= 15 is 0 Å². The Labute approximate surface area is 93.7 Å². The summed E-state index contributed by atoms with van der Waals surface area (Å²) >= 11 is 0. The van der Waals surface area contributed by atoms with Gasteiger partial charge in [0.05, 0.1) is 12.2 Å². The summed E-state index contributed by atoms with van der Waals surface area (Å²) in [5.41, 5.74) is 1.13. The minimum absolute atomic E-state index is 0.200. The monoisotopic (exact) mass is 221 g/mol. The molecule has 0 saturated heterocycles. The third-order valence-electron chi connectivity index (χ3n) is 2.44. The third-order valence-corrected chi connectivity index (χ3v) is 2.44. The van der Waals surface area contributed by atoms with Crippen LogP contribution in [0, 0.1) is 6.92 Å². The van der Waals surface area contributed by atoms with Crippen LogP contribution in [0.25, 0.3) is 0 Å². The molecule has 0 aliphatic heterocycles. The van der Waals surface area contributed by atoms with Crippen molar-refractivity contribution >= 4 is 0 Å². The summed E-state index contributed by atoms with van der Waals surface area (Å²) in [6, 6.07) is 2.19. The van der Waals surface area contributed by atoms with E-state index in [2.05, 4.69) is 27.5 Å². The second-order valence-electron chi connectivity index (χ2n) is 3.71. The van der Waals surface area contributed by atoms with Gasteiger partial charge < -0.3 is 9.84 Å². The summed E-state index contributed by atoms with van der Waals surface area (Å²) in [5.74, 6) is 1.26. The molecular formula is C10H15N5O. The van der Waals surface area contributed by atoms with Crippen molar-refractivity contribution in [3.8, 4) is 0 Å². The summed E-state index contributed by atoms with van der Waals surface area (Å²) in [6.07, 6.45) is 1.78. The van der Waals surface area contributed by atoms with Crippen LogP contribution in [0.3, 0.4) is 0 Å². The molecular weight excluding hydrogens is 206 g/mol. The van der Waals surface area contributed by atoms with E-state index in [1.54, 1.807) is 13.1 Å². The van der Waals surface area contributed by atoms with E-state index in [4.69, 9.17) is 4.52 Å². The summed E-state index contributed by atoms with van der Waals surface area (Å²) in [6.45, 7) is 4.44. The minimum atomic E-state index is 0.200. The fourth-order valence-corrected chi connectivity index (χ4v) is 1.57. The minimum Gasteiger partial charge on any atom is -0.340 e. The fourth-order valence-electron chi connectivity index (χ4n) is 1.57. The van der Waals surface area contributed by atoms with Crippen molar-refractivity contribution in [3.63, 3.8) is 0 Å². The van der Waals surface area contributed by atoms with Gasteiger partial charge in [0, 0.05) is 26.2 Å². The lowest BCUT2D eigenvalue weighted by Gasteiger charge is -2.12.